The van der Waals surface area contributed by atoms with E-state index in [-0.39, 0.29) is 5.56 Å². The molecule has 0 atom stereocenters. The van der Waals surface area contributed by atoms with Crippen LogP contribution in [0.25, 0.3) is 21.3 Å². The highest BCUT2D eigenvalue weighted by Gasteiger charge is 2.20. The van der Waals surface area contributed by atoms with E-state index in [1.165, 1.54) is 17.7 Å². The van der Waals surface area contributed by atoms with Gasteiger partial charge in [-0.15, -0.1) is 11.3 Å². The number of aromatic nitrogens is 3. The molecule has 0 radical (unpaired) electrons. The number of amides is 1. The third-order valence-electron chi connectivity index (χ3n) is 4.33. The summed E-state index contributed by atoms with van der Waals surface area (Å²) in [5.74, 6) is -0.0776. The van der Waals surface area contributed by atoms with Gasteiger partial charge in [0.15, 0.2) is 0 Å². The minimum Gasteiger partial charge on any atom is -0.361 e. The Kier molecular flexibility index (Phi) is 4.12. The normalized spacial score (nSPS) is 11.1. The molecule has 0 bridgehead atoms. The Hall–Kier alpha value is -3.26. The molecule has 136 valence electrons. The summed E-state index contributed by atoms with van der Waals surface area (Å²) in [7, 11) is 0. The van der Waals surface area contributed by atoms with Gasteiger partial charge in [0.1, 0.15) is 22.5 Å². The Morgan fingerprint density at radius 3 is 2.59 bits per heavy atom. The smallest absolute Gasteiger partial charge is 0.281 e. The zero-order valence-corrected chi connectivity index (χ0v) is 15.8. The van der Waals surface area contributed by atoms with Crippen LogP contribution in [-0.4, -0.2) is 20.7 Å². The van der Waals surface area contributed by atoms with Crippen LogP contribution in [0.5, 0.6) is 0 Å². The summed E-state index contributed by atoms with van der Waals surface area (Å²) in [6.07, 6.45) is 1.32. The highest BCUT2D eigenvalue weighted by atomic mass is 32.1. The standard InChI is InChI=1S/C19H16N4O3S/c1-10-14(11(2)26-22-10)17(24)21-23-9-20-18-16(19(23)25)15(12(3)27-18)13-7-5-4-6-8-13/h4-9H,1-3H3,(H,21,24). The van der Waals surface area contributed by atoms with Crippen molar-refractivity contribution < 1.29 is 9.32 Å². The Bertz CT molecular complexity index is 1200. The molecule has 3 heterocycles. The Labute approximate surface area is 158 Å². The maximum absolute atomic E-state index is 13.1. The summed E-state index contributed by atoms with van der Waals surface area (Å²) < 4.78 is 6.13. The molecule has 7 nitrogen and oxygen atoms in total. The number of carbonyl (C=O) groups excluding carboxylic acids is 1. The van der Waals surface area contributed by atoms with E-state index in [1.54, 1.807) is 13.8 Å². The molecule has 1 N–H and O–H groups in total. The summed E-state index contributed by atoms with van der Waals surface area (Å²) in [5.41, 5.74) is 4.81. The Balaban J connectivity index is 1.83. The quantitative estimate of drug-likeness (QED) is 0.588. The lowest BCUT2D eigenvalue weighted by Crippen LogP contribution is -2.33. The van der Waals surface area contributed by atoms with Gasteiger partial charge in [-0.3, -0.25) is 15.0 Å². The summed E-state index contributed by atoms with van der Waals surface area (Å²) in [6.45, 7) is 5.28. The molecule has 0 fully saturated rings. The van der Waals surface area contributed by atoms with Crippen molar-refractivity contribution in [3.8, 4) is 11.1 Å². The van der Waals surface area contributed by atoms with Crippen molar-refractivity contribution in [2.75, 3.05) is 5.43 Å². The van der Waals surface area contributed by atoms with Crippen molar-refractivity contribution in [3.05, 3.63) is 68.9 Å². The maximum Gasteiger partial charge on any atom is 0.281 e. The van der Waals surface area contributed by atoms with Gasteiger partial charge in [0.2, 0.25) is 0 Å². The predicted molar refractivity (Wildman–Crippen MR) is 104 cm³/mol. The summed E-state index contributed by atoms with van der Waals surface area (Å²) in [4.78, 5) is 31.6. The summed E-state index contributed by atoms with van der Waals surface area (Å²) in [6, 6.07) is 9.67. The van der Waals surface area contributed by atoms with Gasteiger partial charge in [-0.05, 0) is 26.3 Å². The molecule has 0 aliphatic rings. The average molecular weight is 380 g/mol. The van der Waals surface area contributed by atoms with Crippen molar-refractivity contribution in [2.45, 2.75) is 20.8 Å². The first-order chi connectivity index (χ1) is 13.0. The van der Waals surface area contributed by atoms with Crippen LogP contribution in [0.1, 0.15) is 26.7 Å². The molecule has 8 heteroatoms. The number of aryl methyl sites for hydroxylation is 3. The molecular formula is C19H16N4O3S. The minimum absolute atomic E-state index is 0.312. The van der Waals surface area contributed by atoms with E-state index in [9.17, 15) is 9.59 Å². The monoisotopic (exact) mass is 380 g/mol. The van der Waals surface area contributed by atoms with Crippen LogP contribution in [0.15, 0.2) is 46.0 Å². The van der Waals surface area contributed by atoms with Crippen LogP contribution in [0.2, 0.25) is 0 Å². The summed E-state index contributed by atoms with van der Waals surface area (Å²) in [5, 5.41) is 4.26. The fraction of sp³-hybridized carbons (Fsp3) is 0.158. The zero-order chi connectivity index (χ0) is 19.1. The Morgan fingerprint density at radius 2 is 1.93 bits per heavy atom. The molecular weight excluding hydrogens is 364 g/mol. The fourth-order valence-corrected chi connectivity index (χ4v) is 4.11. The van der Waals surface area contributed by atoms with Crippen LogP contribution < -0.4 is 11.0 Å². The van der Waals surface area contributed by atoms with Gasteiger partial charge < -0.3 is 4.52 Å². The molecule has 0 spiro atoms. The van der Waals surface area contributed by atoms with Crippen molar-refractivity contribution in [1.29, 1.82) is 0 Å². The number of hydrogen-bond acceptors (Lipinski definition) is 6. The highest BCUT2D eigenvalue weighted by molar-refractivity contribution is 7.19. The van der Waals surface area contributed by atoms with Gasteiger partial charge in [0.25, 0.3) is 11.5 Å². The maximum atomic E-state index is 13.1. The fourth-order valence-electron chi connectivity index (χ4n) is 3.11. The molecule has 0 unspecified atom stereocenters. The molecule has 0 aliphatic carbocycles. The molecule has 0 aliphatic heterocycles. The number of thiophene rings is 1. The van der Waals surface area contributed by atoms with Crippen LogP contribution in [-0.2, 0) is 0 Å². The molecule has 27 heavy (non-hydrogen) atoms. The molecule has 4 aromatic rings. The van der Waals surface area contributed by atoms with Crippen molar-refractivity contribution in [2.24, 2.45) is 0 Å². The number of hydrogen-bond donors (Lipinski definition) is 1. The van der Waals surface area contributed by atoms with Crippen LogP contribution in [0.3, 0.4) is 0 Å². The van der Waals surface area contributed by atoms with Crippen LogP contribution in [0.4, 0.5) is 0 Å². The first-order valence-corrected chi connectivity index (χ1v) is 9.09. The number of carbonyl (C=O) groups is 1. The average Bonchev–Trinajstić information content (AvgIpc) is 3.17. The van der Waals surface area contributed by atoms with Gasteiger partial charge >= 0.3 is 0 Å². The van der Waals surface area contributed by atoms with Crippen molar-refractivity contribution >= 4 is 27.5 Å². The van der Waals surface area contributed by atoms with Crippen molar-refractivity contribution in [1.82, 2.24) is 14.8 Å². The second-order valence-corrected chi connectivity index (χ2v) is 7.34. The van der Waals surface area contributed by atoms with E-state index in [0.717, 1.165) is 20.7 Å². The van der Waals surface area contributed by atoms with E-state index in [4.69, 9.17) is 4.52 Å². The van der Waals surface area contributed by atoms with Gasteiger partial charge in [0, 0.05) is 10.4 Å². The Morgan fingerprint density at radius 1 is 1.19 bits per heavy atom. The van der Waals surface area contributed by atoms with Crippen molar-refractivity contribution in [3.63, 3.8) is 0 Å². The third kappa shape index (κ3) is 2.83. The SMILES string of the molecule is Cc1noc(C)c1C(=O)Nn1cnc2sc(C)c(-c3ccccc3)c2c1=O. The summed E-state index contributed by atoms with van der Waals surface area (Å²) >= 11 is 1.46. The first kappa shape index (κ1) is 17.2. The first-order valence-electron chi connectivity index (χ1n) is 8.27. The molecule has 3 aromatic heterocycles. The number of rotatable bonds is 3. The second kappa shape index (κ2) is 6.48. The van der Waals surface area contributed by atoms with Crippen LogP contribution in [0, 0.1) is 20.8 Å². The molecule has 0 saturated carbocycles. The van der Waals surface area contributed by atoms with E-state index >= 15 is 0 Å². The molecule has 4 rings (SSSR count). The topological polar surface area (TPSA) is 90.0 Å². The van der Waals surface area contributed by atoms with Gasteiger partial charge in [-0.25, -0.2) is 9.66 Å². The second-order valence-electron chi connectivity index (χ2n) is 6.14. The predicted octanol–water partition coefficient (Wildman–Crippen LogP) is 3.42. The molecule has 1 amide bonds. The molecule has 0 saturated heterocycles. The van der Waals surface area contributed by atoms with Crippen LogP contribution >= 0.6 is 11.3 Å². The van der Waals surface area contributed by atoms with E-state index in [2.05, 4.69) is 15.6 Å². The van der Waals surface area contributed by atoms with Gasteiger partial charge in [-0.1, -0.05) is 35.5 Å². The lowest BCUT2D eigenvalue weighted by molar-refractivity contribution is 0.100. The number of nitrogens with zero attached hydrogens (tertiary/aromatic N) is 3. The number of benzene rings is 1. The largest absolute Gasteiger partial charge is 0.361 e. The lowest BCUT2D eigenvalue weighted by Gasteiger charge is -2.08. The van der Waals surface area contributed by atoms with E-state index < -0.39 is 5.91 Å². The van der Waals surface area contributed by atoms with E-state index in [0.29, 0.717) is 27.2 Å². The lowest BCUT2D eigenvalue weighted by atomic mass is 10.0. The molecule has 1 aromatic carbocycles. The number of nitrogens with one attached hydrogen (secondary N) is 1. The van der Waals surface area contributed by atoms with Gasteiger partial charge in [0.05, 0.1) is 11.1 Å². The minimum atomic E-state index is -0.470. The van der Waals surface area contributed by atoms with Gasteiger partial charge in [-0.2, -0.15) is 0 Å². The zero-order valence-electron chi connectivity index (χ0n) is 14.9. The highest BCUT2D eigenvalue weighted by Crippen LogP contribution is 2.35. The third-order valence-corrected chi connectivity index (χ3v) is 5.35. The van der Waals surface area contributed by atoms with E-state index in [1.807, 2.05) is 37.3 Å². The number of fused-ring (bicyclic) bond motifs is 1.